The lowest BCUT2D eigenvalue weighted by molar-refractivity contribution is 0.0755. The Labute approximate surface area is 136 Å². The van der Waals surface area contributed by atoms with Gasteiger partial charge in [-0.3, -0.25) is 9.59 Å². The molecule has 2 atom stereocenters. The van der Waals surface area contributed by atoms with Crippen molar-refractivity contribution in [2.75, 3.05) is 0 Å². The van der Waals surface area contributed by atoms with E-state index in [2.05, 4.69) is 5.32 Å². The second-order valence-electron chi connectivity index (χ2n) is 6.55. The van der Waals surface area contributed by atoms with Crippen molar-refractivity contribution in [2.24, 2.45) is 24.6 Å². The number of amides is 1. The molecule has 1 amide bonds. The number of fused-ring (bicyclic) bond motifs is 2. The normalized spacial score (nSPS) is 30.3. The lowest BCUT2D eigenvalue weighted by Gasteiger charge is -2.45. The Hall–Kier alpha value is -1.33. The second-order valence-corrected chi connectivity index (χ2v) is 6.55. The zero-order chi connectivity index (χ0) is 15.0. The van der Waals surface area contributed by atoms with Crippen LogP contribution in [0, 0.1) is 11.8 Å². The Kier molecular flexibility index (Phi) is 5.29. The predicted molar refractivity (Wildman–Crippen MR) is 88.2 cm³/mol. The molecule has 0 aliphatic heterocycles. The van der Waals surface area contributed by atoms with E-state index in [1.807, 2.05) is 0 Å². The third-order valence-electron chi connectivity index (χ3n) is 5.02. The Balaban J connectivity index is 0.00000176. The van der Waals surface area contributed by atoms with Crippen LogP contribution in [0.15, 0.2) is 23.1 Å². The SMILES string of the molecule is Cl.Cn1cc(C(=O)NC2C3CCCC2CC(N)C3)ccc1=O. The maximum absolute atomic E-state index is 12.4. The number of carbonyl (C=O) groups is 1. The number of nitrogens with zero attached hydrogens (tertiary/aromatic N) is 1. The van der Waals surface area contributed by atoms with Gasteiger partial charge in [0, 0.05) is 31.4 Å². The lowest BCUT2D eigenvalue weighted by Crippen LogP contribution is -2.53. The molecule has 22 heavy (non-hydrogen) atoms. The highest BCUT2D eigenvalue weighted by atomic mass is 35.5. The minimum atomic E-state index is -0.105. The van der Waals surface area contributed by atoms with Gasteiger partial charge in [0.05, 0.1) is 5.56 Å². The van der Waals surface area contributed by atoms with Crippen molar-refractivity contribution in [2.45, 2.75) is 44.2 Å². The molecule has 3 N–H and O–H groups in total. The van der Waals surface area contributed by atoms with Crippen LogP contribution in [-0.2, 0) is 7.05 Å². The number of carbonyl (C=O) groups excluding carboxylic acids is 1. The van der Waals surface area contributed by atoms with Crippen LogP contribution in [0.5, 0.6) is 0 Å². The molecule has 2 unspecified atom stereocenters. The van der Waals surface area contributed by atoms with E-state index in [1.54, 1.807) is 19.3 Å². The maximum atomic E-state index is 12.4. The molecule has 2 aliphatic rings. The van der Waals surface area contributed by atoms with Gasteiger partial charge in [0.25, 0.3) is 5.91 Å². The molecule has 1 aromatic heterocycles. The van der Waals surface area contributed by atoms with E-state index < -0.39 is 0 Å². The van der Waals surface area contributed by atoms with Crippen LogP contribution >= 0.6 is 12.4 Å². The topological polar surface area (TPSA) is 77.1 Å². The molecule has 2 fully saturated rings. The average molecular weight is 326 g/mol. The van der Waals surface area contributed by atoms with Gasteiger partial charge in [0.15, 0.2) is 0 Å². The summed E-state index contributed by atoms with van der Waals surface area (Å²) in [5, 5.41) is 3.19. The fourth-order valence-corrected chi connectivity index (χ4v) is 3.99. The summed E-state index contributed by atoms with van der Waals surface area (Å²) in [7, 11) is 1.66. The first kappa shape index (κ1) is 17.0. The van der Waals surface area contributed by atoms with Crippen molar-refractivity contribution >= 4 is 18.3 Å². The van der Waals surface area contributed by atoms with Crippen molar-refractivity contribution in [1.82, 2.24) is 9.88 Å². The van der Waals surface area contributed by atoms with Gasteiger partial charge >= 0.3 is 0 Å². The van der Waals surface area contributed by atoms with Crippen LogP contribution in [0.1, 0.15) is 42.5 Å². The van der Waals surface area contributed by atoms with Crippen molar-refractivity contribution < 1.29 is 4.79 Å². The number of aromatic nitrogens is 1. The predicted octanol–water partition coefficient (Wildman–Crippen LogP) is 1.44. The molecule has 122 valence electrons. The first-order valence-electron chi connectivity index (χ1n) is 7.77. The first-order chi connectivity index (χ1) is 10.0. The van der Waals surface area contributed by atoms with E-state index in [0.717, 1.165) is 25.7 Å². The highest BCUT2D eigenvalue weighted by Crippen LogP contribution is 2.39. The van der Waals surface area contributed by atoms with Crippen LogP contribution in [0.2, 0.25) is 0 Å². The Bertz CT molecular complexity index is 587. The number of nitrogens with two attached hydrogens (primary N) is 1. The van der Waals surface area contributed by atoms with Crippen molar-refractivity contribution in [3.8, 4) is 0 Å². The zero-order valence-corrected chi connectivity index (χ0v) is 13.6. The number of hydrogen-bond donors (Lipinski definition) is 2. The number of pyridine rings is 1. The Morgan fingerprint density at radius 2 is 1.91 bits per heavy atom. The van der Waals surface area contributed by atoms with Crippen LogP contribution in [-0.4, -0.2) is 22.6 Å². The number of aryl methyl sites for hydroxylation is 1. The van der Waals surface area contributed by atoms with Crippen molar-refractivity contribution in [1.29, 1.82) is 0 Å². The summed E-state index contributed by atoms with van der Waals surface area (Å²) < 4.78 is 1.44. The standard InChI is InChI=1S/C16H23N3O2.ClH/c1-19-9-12(5-6-14(19)20)16(21)18-15-10-3-2-4-11(15)8-13(17)7-10;/h5-6,9-11,13,15H,2-4,7-8,17H2,1H3,(H,18,21);1H. The first-order valence-corrected chi connectivity index (χ1v) is 7.77. The molecule has 0 saturated heterocycles. The van der Waals surface area contributed by atoms with Gasteiger partial charge in [0.2, 0.25) is 5.56 Å². The van der Waals surface area contributed by atoms with Crippen LogP contribution in [0.3, 0.4) is 0 Å². The lowest BCUT2D eigenvalue weighted by atomic mass is 9.67. The third kappa shape index (κ3) is 3.36. The largest absolute Gasteiger partial charge is 0.349 e. The van der Waals surface area contributed by atoms with E-state index in [4.69, 9.17) is 5.73 Å². The van der Waals surface area contributed by atoms with E-state index in [9.17, 15) is 9.59 Å². The summed E-state index contributed by atoms with van der Waals surface area (Å²) in [5.74, 6) is 0.927. The van der Waals surface area contributed by atoms with Gasteiger partial charge in [-0.1, -0.05) is 6.42 Å². The summed E-state index contributed by atoms with van der Waals surface area (Å²) in [5.41, 5.74) is 6.56. The molecule has 5 nitrogen and oxygen atoms in total. The highest BCUT2D eigenvalue weighted by molar-refractivity contribution is 5.94. The minimum absolute atomic E-state index is 0. The molecule has 2 bridgehead atoms. The average Bonchev–Trinajstić information content (AvgIpc) is 2.42. The second kappa shape index (κ2) is 6.84. The molecule has 1 heterocycles. The number of rotatable bonds is 2. The van der Waals surface area contributed by atoms with Crippen LogP contribution in [0.4, 0.5) is 0 Å². The fourth-order valence-electron chi connectivity index (χ4n) is 3.99. The van der Waals surface area contributed by atoms with Crippen LogP contribution in [0.25, 0.3) is 0 Å². The van der Waals surface area contributed by atoms with Gasteiger partial charge < -0.3 is 15.6 Å². The van der Waals surface area contributed by atoms with E-state index in [0.29, 0.717) is 17.4 Å². The zero-order valence-electron chi connectivity index (χ0n) is 12.8. The Morgan fingerprint density at radius 3 is 2.50 bits per heavy atom. The minimum Gasteiger partial charge on any atom is -0.349 e. The molecule has 6 heteroatoms. The van der Waals surface area contributed by atoms with Crippen molar-refractivity contribution in [3.05, 3.63) is 34.2 Å². The quantitative estimate of drug-likeness (QED) is 0.864. The molecular weight excluding hydrogens is 302 g/mol. The summed E-state index contributed by atoms with van der Waals surface area (Å²) in [6.45, 7) is 0. The van der Waals surface area contributed by atoms with Gasteiger partial charge in [0.1, 0.15) is 0 Å². The summed E-state index contributed by atoms with van der Waals surface area (Å²) in [6, 6.07) is 3.56. The van der Waals surface area contributed by atoms with Gasteiger partial charge in [-0.2, -0.15) is 0 Å². The third-order valence-corrected chi connectivity index (χ3v) is 5.02. The number of nitrogens with one attached hydrogen (secondary N) is 1. The van der Waals surface area contributed by atoms with Crippen LogP contribution < -0.4 is 16.6 Å². The molecule has 0 spiro atoms. The molecule has 2 saturated carbocycles. The number of halogens is 1. The van der Waals surface area contributed by atoms with E-state index >= 15 is 0 Å². The van der Waals surface area contributed by atoms with Crippen molar-refractivity contribution in [3.63, 3.8) is 0 Å². The van der Waals surface area contributed by atoms with Gasteiger partial charge in [-0.25, -0.2) is 0 Å². The summed E-state index contributed by atoms with van der Waals surface area (Å²) in [4.78, 5) is 23.8. The molecule has 1 aromatic rings. The molecule has 2 aliphatic carbocycles. The number of hydrogen-bond acceptors (Lipinski definition) is 3. The summed E-state index contributed by atoms with van der Waals surface area (Å²) >= 11 is 0. The molecule has 0 aromatic carbocycles. The highest BCUT2D eigenvalue weighted by Gasteiger charge is 2.39. The van der Waals surface area contributed by atoms with Gasteiger partial charge in [-0.15, -0.1) is 12.4 Å². The molecule has 3 rings (SSSR count). The fraction of sp³-hybridized carbons (Fsp3) is 0.625. The maximum Gasteiger partial charge on any atom is 0.253 e. The Morgan fingerprint density at radius 1 is 1.27 bits per heavy atom. The summed E-state index contributed by atoms with van der Waals surface area (Å²) in [6.07, 6.45) is 7.17. The van der Waals surface area contributed by atoms with E-state index in [-0.39, 0.29) is 36.0 Å². The van der Waals surface area contributed by atoms with Gasteiger partial charge in [-0.05, 0) is 43.6 Å². The van der Waals surface area contributed by atoms with E-state index in [1.165, 1.54) is 17.1 Å². The monoisotopic (exact) mass is 325 g/mol. The smallest absolute Gasteiger partial charge is 0.253 e. The molecule has 0 radical (unpaired) electrons. The molecular formula is C16H24ClN3O2.